The maximum absolute atomic E-state index is 12.1. The summed E-state index contributed by atoms with van der Waals surface area (Å²) in [6.07, 6.45) is 18.2. The highest BCUT2D eigenvalue weighted by atomic mass is 16.2. The highest BCUT2D eigenvalue weighted by molar-refractivity contribution is 5.76. The van der Waals surface area contributed by atoms with Gasteiger partial charge >= 0.3 is 0 Å². The topological polar surface area (TPSA) is 58.2 Å². The average molecular weight is 445 g/mol. The first-order valence-electron chi connectivity index (χ1n) is 13.9. The molecule has 0 radical (unpaired) electrons. The highest BCUT2D eigenvalue weighted by Gasteiger charge is 2.51. The number of carbonyl (C=O) groups excluding carboxylic acids is 2. The molecule has 0 heterocycles. The molecule has 0 aromatic carbocycles. The lowest BCUT2D eigenvalue weighted by Crippen LogP contribution is -2.28. The van der Waals surface area contributed by atoms with Crippen molar-refractivity contribution in [1.82, 2.24) is 10.6 Å². The second-order valence-corrected chi connectivity index (χ2v) is 10.7. The Balaban J connectivity index is 1.37. The Labute approximate surface area is 196 Å². The summed E-state index contributed by atoms with van der Waals surface area (Å²) in [6, 6.07) is 0. The van der Waals surface area contributed by atoms with Gasteiger partial charge in [-0.05, 0) is 75.0 Å². The van der Waals surface area contributed by atoms with Crippen LogP contribution in [0, 0.1) is 23.7 Å². The molecule has 0 aromatic rings. The SMILES string of the molecule is CCCCCCC(=O)NCCC1=C2C(CC1)C1CC(CCNC(=O)CCCCCC)C2C1. The lowest BCUT2D eigenvalue weighted by atomic mass is 9.77. The molecule has 4 atom stereocenters. The molecule has 0 spiro atoms. The predicted octanol–water partition coefficient (Wildman–Crippen LogP) is 6.30. The minimum atomic E-state index is 0.234. The van der Waals surface area contributed by atoms with Gasteiger partial charge in [0.1, 0.15) is 0 Å². The second kappa shape index (κ2) is 13.4. The fourth-order valence-corrected chi connectivity index (χ4v) is 6.74. The van der Waals surface area contributed by atoms with Gasteiger partial charge in [-0.25, -0.2) is 0 Å². The fourth-order valence-electron chi connectivity index (χ4n) is 6.74. The Kier molecular flexibility index (Phi) is 10.6. The highest BCUT2D eigenvalue weighted by Crippen LogP contribution is 2.61. The van der Waals surface area contributed by atoms with Gasteiger partial charge in [0.05, 0.1) is 0 Å². The number of amides is 2. The third kappa shape index (κ3) is 7.09. The maximum Gasteiger partial charge on any atom is 0.220 e. The van der Waals surface area contributed by atoms with Gasteiger partial charge in [-0.1, -0.05) is 63.5 Å². The summed E-state index contributed by atoms with van der Waals surface area (Å²) in [5, 5.41) is 6.36. The first kappa shape index (κ1) is 25.3. The molecule has 3 aliphatic carbocycles. The molecule has 2 amide bonds. The summed E-state index contributed by atoms with van der Waals surface area (Å²) in [6.45, 7) is 6.07. The Morgan fingerprint density at radius 2 is 1.47 bits per heavy atom. The molecule has 32 heavy (non-hydrogen) atoms. The van der Waals surface area contributed by atoms with Gasteiger partial charge in [0.2, 0.25) is 11.8 Å². The van der Waals surface area contributed by atoms with Gasteiger partial charge in [0, 0.05) is 25.9 Å². The summed E-state index contributed by atoms with van der Waals surface area (Å²) in [7, 11) is 0. The molecule has 2 bridgehead atoms. The third-order valence-electron chi connectivity index (χ3n) is 8.37. The number of carbonyl (C=O) groups is 2. The van der Waals surface area contributed by atoms with Crippen molar-refractivity contribution in [1.29, 1.82) is 0 Å². The van der Waals surface area contributed by atoms with E-state index in [0.717, 1.165) is 62.4 Å². The zero-order chi connectivity index (χ0) is 22.8. The van der Waals surface area contributed by atoms with E-state index < -0.39 is 0 Å². The van der Waals surface area contributed by atoms with E-state index in [1.807, 2.05) is 0 Å². The van der Waals surface area contributed by atoms with Crippen LogP contribution in [0.4, 0.5) is 0 Å². The van der Waals surface area contributed by atoms with Crippen LogP contribution in [-0.4, -0.2) is 24.9 Å². The summed E-state index contributed by atoms with van der Waals surface area (Å²) < 4.78 is 0. The quantitative estimate of drug-likeness (QED) is 0.217. The van der Waals surface area contributed by atoms with E-state index in [4.69, 9.17) is 0 Å². The van der Waals surface area contributed by atoms with Gasteiger partial charge in [-0.3, -0.25) is 9.59 Å². The molecule has 4 heteroatoms. The van der Waals surface area contributed by atoms with E-state index in [0.29, 0.717) is 12.8 Å². The Morgan fingerprint density at radius 1 is 0.812 bits per heavy atom. The number of hydrogen-bond acceptors (Lipinski definition) is 2. The van der Waals surface area contributed by atoms with Crippen LogP contribution >= 0.6 is 0 Å². The molecule has 182 valence electrons. The number of rotatable bonds is 16. The van der Waals surface area contributed by atoms with Crippen LogP contribution in [0.3, 0.4) is 0 Å². The Bertz CT molecular complexity index is 641. The minimum Gasteiger partial charge on any atom is -0.356 e. The van der Waals surface area contributed by atoms with Crippen molar-refractivity contribution in [2.75, 3.05) is 13.1 Å². The summed E-state index contributed by atoms with van der Waals surface area (Å²) in [4.78, 5) is 24.2. The van der Waals surface area contributed by atoms with Crippen LogP contribution in [0.5, 0.6) is 0 Å². The lowest BCUT2D eigenvalue weighted by Gasteiger charge is -2.29. The van der Waals surface area contributed by atoms with Crippen molar-refractivity contribution in [3.05, 3.63) is 11.1 Å². The molecular weight excluding hydrogens is 396 g/mol. The molecular formula is C28H48N2O2. The van der Waals surface area contributed by atoms with Crippen molar-refractivity contribution >= 4 is 11.8 Å². The predicted molar refractivity (Wildman–Crippen MR) is 132 cm³/mol. The number of fused-ring (bicyclic) bond motifs is 5. The van der Waals surface area contributed by atoms with E-state index in [1.165, 1.54) is 64.2 Å². The zero-order valence-corrected chi connectivity index (χ0v) is 20.9. The number of nitrogens with one attached hydrogen (secondary N) is 2. The molecule has 4 unspecified atom stereocenters. The van der Waals surface area contributed by atoms with Crippen LogP contribution in [0.2, 0.25) is 0 Å². The number of unbranched alkanes of at least 4 members (excludes halogenated alkanes) is 6. The molecule has 2 fully saturated rings. The van der Waals surface area contributed by atoms with Gasteiger partial charge in [-0.15, -0.1) is 0 Å². The fraction of sp³-hybridized carbons (Fsp3) is 0.857. The van der Waals surface area contributed by atoms with Crippen molar-refractivity contribution in [2.24, 2.45) is 23.7 Å². The van der Waals surface area contributed by atoms with E-state index in [2.05, 4.69) is 24.5 Å². The van der Waals surface area contributed by atoms with Gasteiger partial charge in [0.15, 0.2) is 0 Å². The average Bonchev–Trinajstić information content (AvgIpc) is 3.47. The van der Waals surface area contributed by atoms with Crippen LogP contribution in [-0.2, 0) is 9.59 Å². The van der Waals surface area contributed by atoms with Crippen LogP contribution < -0.4 is 10.6 Å². The van der Waals surface area contributed by atoms with Gasteiger partial charge in [0.25, 0.3) is 0 Å². The molecule has 2 saturated carbocycles. The first-order chi connectivity index (χ1) is 15.6. The van der Waals surface area contributed by atoms with Crippen LogP contribution in [0.25, 0.3) is 0 Å². The number of hydrogen-bond donors (Lipinski definition) is 2. The van der Waals surface area contributed by atoms with Crippen molar-refractivity contribution < 1.29 is 9.59 Å². The summed E-state index contributed by atoms with van der Waals surface area (Å²) in [5.74, 6) is 3.71. The van der Waals surface area contributed by atoms with E-state index in [9.17, 15) is 9.59 Å². The molecule has 0 aromatic heterocycles. The summed E-state index contributed by atoms with van der Waals surface area (Å²) in [5.41, 5.74) is 3.45. The van der Waals surface area contributed by atoms with Gasteiger partial charge in [-0.2, -0.15) is 0 Å². The third-order valence-corrected chi connectivity index (χ3v) is 8.37. The molecule has 0 saturated heterocycles. The van der Waals surface area contributed by atoms with Crippen molar-refractivity contribution in [3.63, 3.8) is 0 Å². The molecule has 3 rings (SSSR count). The van der Waals surface area contributed by atoms with Crippen LogP contribution in [0.15, 0.2) is 11.1 Å². The zero-order valence-electron chi connectivity index (χ0n) is 20.9. The Morgan fingerprint density at radius 3 is 2.12 bits per heavy atom. The van der Waals surface area contributed by atoms with Crippen LogP contribution in [0.1, 0.15) is 117 Å². The monoisotopic (exact) mass is 444 g/mol. The Hall–Kier alpha value is -1.32. The normalized spacial score (nSPS) is 25.9. The van der Waals surface area contributed by atoms with Crippen molar-refractivity contribution in [2.45, 2.75) is 117 Å². The number of allylic oxidation sites excluding steroid dienone is 1. The molecule has 3 aliphatic rings. The first-order valence-corrected chi connectivity index (χ1v) is 13.9. The lowest BCUT2D eigenvalue weighted by molar-refractivity contribution is -0.122. The maximum atomic E-state index is 12.1. The minimum absolute atomic E-state index is 0.234. The van der Waals surface area contributed by atoms with E-state index >= 15 is 0 Å². The molecule has 2 N–H and O–H groups in total. The second-order valence-electron chi connectivity index (χ2n) is 10.7. The van der Waals surface area contributed by atoms with E-state index in [1.54, 1.807) is 11.1 Å². The molecule has 0 aliphatic heterocycles. The standard InChI is InChI=1S/C28H48N2O2/c1-3-5-7-9-11-26(31)29-17-15-21-13-14-24-23-19-22(25(20-23)28(21)24)16-18-30-27(32)12-10-8-6-4-2/h22-25H,3-20H2,1-2H3,(H,29,31)(H,30,32). The van der Waals surface area contributed by atoms with Crippen molar-refractivity contribution in [3.8, 4) is 0 Å². The molecule has 4 nitrogen and oxygen atoms in total. The van der Waals surface area contributed by atoms with E-state index in [-0.39, 0.29) is 11.8 Å². The smallest absolute Gasteiger partial charge is 0.220 e. The van der Waals surface area contributed by atoms with Gasteiger partial charge < -0.3 is 10.6 Å². The largest absolute Gasteiger partial charge is 0.356 e. The summed E-state index contributed by atoms with van der Waals surface area (Å²) >= 11 is 0.